The van der Waals surface area contributed by atoms with Gasteiger partial charge in [0.2, 0.25) is 0 Å². The Morgan fingerprint density at radius 2 is 2.00 bits per heavy atom. The highest BCUT2D eigenvalue weighted by Crippen LogP contribution is 2.16. The van der Waals surface area contributed by atoms with E-state index < -0.39 is 0 Å². The van der Waals surface area contributed by atoms with E-state index in [2.05, 4.69) is 20.7 Å². The molecule has 0 bridgehead atoms. The molecule has 0 unspecified atom stereocenters. The largest absolute Gasteiger partial charge is 0.496 e. The minimum Gasteiger partial charge on any atom is -0.496 e. The second-order valence-electron chi connectivity index (χ2n) is 4.61. The van der Waals surface area contributed by atoms with Crippen LogP contribution in [0.2, 0.25) is 0 Å². The number of guanidine groups is 1. The molecule has 1 heterocycles. The summed E-state index contributed by atoms with van der Waals surface area (Å²) in [6, 6.07) is 7.92. The standard InChI is InChI=1S/C15H21N5O.HI/c1-16-15(17-8-12-9-19-20(2)11-12)18-10-13-6-4-5-7-14(13)21-3;/h4-7,9,11H,8,10H2,1-3H3,(H2,16,17,18);1H. The van der Waals surface area contributed by atoms with E-state index in [0.29, 0.717) is 13.1 Å². The van der Waals surface area contributed by atoms with Crippen LogP contribution in [-0.4, -0.2) is 29.9 Å². The second-order valence-corrected chi connectivity index (χ2v) is 4.61. The SMILES string of the molecule is CN=C(NCc1cnn(C)c1)NCc1ccccc1OC.I. The molecule has 0 saturated carbocycles. The van der Waals surface area contributed by atoms with Crippen molar-refractivity contribution in [1.29, 1.82) is 0 Å². The van der Waals surface area contributed by atoms with Gasteiger partial charge in [-0.15, -0.1) is 24.0 Å². The first kappa shape index (κ1) is 18.3. The maximum atomic E-state index is 5.33. The summed E-state index contributed by atoms with van der Waals surface area (Å²) in [5, 5.41) is 10.7. The number of nitrogens with zero attached hydrogens (tertiary/aromatic N) is 3. The first-order valence-electron chi connectivity index (χ1n) is 6.77. The van der Waals surface area contributed by atoms with E-state index in [0.717, 1.165) is 22.8 Å². The number of benzene rings is 1. The van der Waals surface area contributed by atoms with Gasteiger partial charge < -0.3 is 15.4 Å². The zero-order valence-corrected chi connectivity index (χ0v) is 15.4. The molecule has 1 aromatic heterocycles. The molecule has 6 nitrogen and oxygen atoms in total. The Labute approximate surface area is 148 Å². The number of hydrogen-bond acceptors (Lipinski definition) is 3. The van der Waals surface area contributed by atoms with Crippen molar-refractivity contribution in [3.63, 3.8) is 0 Å². The van der Waals surface area contributed by atoms with E-state index >= 15 is 0 Å². The van der Waals surface area contributed by atoms with E-state index in [-0.39, 0.29) is 24.0 Å². The van der Waals surface area contributed by atoms with Gasteiger partial charge in [0.05, 0.1) is 13.3 Å². The minimum absolute atomic E-state index is 0. The van der Waals surface area contributed by atoms with Crippen LogP contribution >= 0.6 is 24.0 Å². The second kappa shape index (κ2) is 9.29. The van der Waals surface area contributed by atoms with Gasteiger partial charge in [-0.1, -0.05) is 18.2 Å². The van der Waals surface area contributed by atoms with Crippen molar-refractivity contribution in [2.75, 3.05) is 14.2 Å². The third kappa shape index (κ3) is 5.21. The molecule has 0 fully saturated rings. The van der Waals surface area contributed by atoms with Gasteiger partial charge in [0.15, 0.2) is 5.96 Å². The number of aromatic nitrogens is 2. The number of rotatable bonds is 5. The van der Waals surface area contributed by atoms with Crippen LogP contribution in [0.1, 0.15) is 11.1 Å². The van der Waals surface area contributed by atoms with E-state index in [1.54, 1.807) is 18.8 Å². The van der Waals surface area contributed by atoms with Gasteiger partial charge in [-0.2, -0.15) is 5.10 Å². The van der Waals surface area contributed by atoms with Crippen molar-refractivity contribution in [2.45, 2.75) is 13.1 Å². The summed E-state index contributed by atoms with van der Waals surface area (Å²) in [5.41, 5.74) is 2.20. The summed E-state index contributed by atoms with van der Waals surface area (Å²) in [6.07, 6.45) is 3.81. The van der Waals surface area contributed by atoms with Gasteiger partial charge in [0.1, 0.15) is 5.75 Å². The third-order valence-electron chi connectivity index (χ3n) is 3.08. The maximum Gasteiger partial charge on any atom is 0.191 e. The van der Waals surface area contributed by atoms with Gasteiger partial charge in [0, 0.05) is 44.5 Å². The first-order chi connectivity index (χ1) is 10.2. The highest BCUT2D eigenvalue weighted by atomic mass is 127. The first-order valence-corrected chi connectivity index (χ1v) is 6.77. The van der Waals surface area contributed by atoms with E-state index in [4.69, 9.17) is 4.74 Å². The summed E-state index contributed by atoms with van der Waals surface area (Å²) in [5.74, 6) is 1.61. The highest BCUT2D eigenvalue weighted by molar-refractivity contribution is 14.0. The fourth-order valence-corrected chi connectivity index (χ4v) is 2.00. The van der Waals surface area contributed by atoms with Crippen LogP contribution in [0.5, 0.6) is 5.75 Å². The molecule has 2 N–H and O–H groups in total. The molecule has 0 aliphatic rings. The van der Waals surface area contributed by atoms with Crippen LogP contribution in [0.3, 0.4) is 0 Å². The molecule has 120 valence electrons. The molecule has 0 spiro atoms. The normalized spacial score (nSPS) is 10.8. The summed E-state index contributed by atoms with van der Waals surface area (Å²) < 4.78 is 7.11. The molecule has 22 heavy (non-hydrogen) atoms. The van der Waals surface area contributed by atoms with Crippen molar-refractivity contribution >= 4 is 29.9 Å². The number of ether oxygens (including phenoxy) is 1. The molecule has 2 aromatic rings. The van der Waals surface area contributed by atoms with E-state index in [1.807, 2.05) is 43.7 Å². The van der Waals surface area contributed by atoms with Crippen LogP contribution in [0.4, 0.5) is 0 Å². The zero-order valence-electron chi connectivity index (χ0n) is 13.0. The maximum absolute atomic E-state index is 5.33. The Morgan fingerprint density at radius 3 is 2.64 bits per heavy atom. The summed E-state index contributed by atoms with van der Waals surface area (Å²) in [7, 11) is 5.33. The Bertz CT molecular complexity index is 611. The van der Waals surface area contributed by atoms with Crippen molar-refractivity contribution in [3.8, 4) is 5.75 Å². The Morgan fingerprint density at radius 1 is 1.27 bits per heavy atom. The van der Waals surface area contributed by atoms with Crippen molar-refractivity contribution < 1.29 is 4.74 Å². The number of aryl methyl sites for hydroxylation is 1. The molecule has 7 heteroatoms. The lowest BCUT2D eigenvalue weighted by molar-refractivity contribution is 0.409. The Balaban J connectivity index is 0.00000242. The van der Waals surface area contributed by atoms with Gasteiger partial charge in [-0.25, -0.2) is 0 Å². The molecule has 0 amide bonds. The van der Waals surface area contributed by atoms with Crippen LogP contribution in [0.15, 0.2) is 41.7 Å². The molecule has 2 rings (SSSR count). The van der Waals surface area contributed by atoms with Gasteiger partial charge >= 0.3 is 0 Å². The smallest absolute Gasteiger partial charge is 0.191 e. The average molecular weight is 415 g/mol. The monoisotopic (exact) mass is 415 g/mol. The molecular formula is C15H22IN5O. The number of aliphatic imine (C=N–C) groups is 1. The minimum atomic E-state index is 0. The van der Waals surface area contributed by atoms with Crippen LogP contribution in [0, 0.1) is 0 Å². The fourth-order valence-electron chi connectivity index (χ4n) is 2.00. The lowest BCUT2D eigenvalue weighted by atomic mass is 10.2. The quantitative estimate of drug-likeness (QED) is 0.445. The molecule has 0 saturated heterocycles. The fraction of sp³-hybridized carbons (Fsp3) is 0.333. The highest BCUT2D eigenvalue weighted by Gasteiger charge is 2.04. The van der Waals surface area contributed by atoms with Crippen molar-refractivity contribution in [3.05, 3.63) is 47.8 Å². The lowest BCUT2D eigenvalue weighted by Crippen LogP contribution is -2.36. The van der Waals surface area contributed by atoms with E-state index in [1.165, 1.54) is 0 Å². The van der Waals surface area contributed by atoms with Gasteiger partial charge in [-0.3, -0.25) is 9.67 Å². The molecule has 0 radical (unpaired) electrons. The topological polar surface area (TPSA) is 63.5 Å². The van der Waals surface area contributed by atoms with Crippen molar-refractivity contribution in [2.24, 2.45) is 12.0 Å². The molecule has 0 aliphatic heterocycles. The summed E-state index contributed by atoms with van der Waals surface area (Å²) in [4.78, 5) is 4.21. The zero-order chi connectivity index (χ0) is 15.1. The molecular weight excluding hydrogens is 393 g/mol. The number of para-hydroxylation sites is 1. The van der Waals surface area contributed by atoms with Crippen LogP contribution in [0.25, 0.3) is 0 Å². The van der Waals surface area contributed by atoms with Gasteiger partial charge in [0.25, 0.3) is 0 Å². The molecule has 0 aliphatic carbocycles. The number of nitrogens with one attached hydrogen (secondary N) is 2. The number of hydrogen-bond donors (Lipinski definition) is 2. The lowest BCUT2D eigenvalue weighted by Gasteiger charge is -2.13. The van der Waals surface area contributed by atoms with E-state index in [9.17, 15) is 0 Å². The molecule has 1 aromatic carbocycles. The molecule has 0 atom stereocenters. The average Bonchev–Trinajstić information content (AvgIpc) is 2.93. The Hall–Kier alpha value is -1.77. The number of methoxy groups -OCH3 is 1. The predicted molar refractivity (Wildman–Crippen MR) is 98.7 cm³/mol. The predicted octanol–water partition coefficient (Wildman–Crippen LogP) is 1.91. The van der Waals surface area contributed by atoms with Crippen LogP contribution in [-0.2, 0) is 20.1 Å². The summed E-state index contributed by atoms with van der Waals surface area (Å²) in [6.45, 7) is 1.33. The van der Waals surface area contributed by atoms with Gasteiger partial charge in [-0.05, 0) is 6.07 Å². The van der Waals surface area contributed by atoms with Crippen LogP contribution < -0.4 is 15.4 Å². The third-order valence-corrected chi connectivity index (χ3v) is 3.08. The number of halogens is 1. The summed E-state index contributed by atoms with van der Waals surface area (Å²) >= 11 is 0. The van der Waals surface area contributed by atoms with Crippen molar-refractivity contribution in [1.82, 2.24) is 20.4 Å². The Kier molecular flexibility index (Phi) is 7.72.